The first kappa shape index (κ1) is 22.2. The molecule has 30 heavy (non-hydrogen) atoms. The van der Waals surface area contributed by atoms with Crippen LogP contribution in [0.15, 0.2) is 48.5 Å². The molecule has 0 unspecified atom stereocenters. The number of hydrogen-bond acceptors (Lipinski definition) is 4. The zero-order chi connectivity index (χ0) is 21.7. The summed E-state index contributed by atoms with van der Waals surface area (Å²) in [4.78, 5) is 15.1. The predicted octanol–water partition coefficient (Wildman–Crippen LogP) is 3.46. The van der Waals surface area contributed by atoms with Gasteiger partial charge in [-0.25, -0.2) is 8.42 Å². The number of amides is 1. The van der Waals surface area contributed by atoms with Gasteiger partial charge < -0.3 is 10.2 Å². The molecule has 1 aliphatic rings. The van der Waals surface area contributed by atoms with E-state index in [2.05, 4.69) is 22.3 Å². The van der Waals surface area contributed by atoms with Crippen molar-refractivity contribution in [3.05, 3.63) is 59.7 Å². The highest BCUT2D eigenvalue weighted by Crippen LogP contribution is 2.22. The van der Waals surface area contributed by atoms with Gasteiger partial charge in [-0.2, -0.15) is 0 Å². The monoisotopic (exact) mass is 429 g/mol. The summed E-state index contributed by atoms with van der Waals surface area (Å²) in [6, 6.07) is 14.5. The Morgan fingerprint density at radius 1 is 1.03 bits per heavy atom. The number of hydrogen-bond donors (Lipinski definition) is 1. The van der Waals surface area contributed by atoms with Crippen molar-refractivity contribution < 1.29 is 13.2 Å². The van der Waals surface area contributed by atoms with Crippen LogP contribution in [0, 0.1) is 6.92 Å². The Balaban J connectivity index is 1.64. The van der Waals surface area contributed by atoms with E-state index in [0.29, 0.717) is 12.2 Å². The Kier molecular flexibility index (Phi) is 7.02. The molecule has 0 saturated carbocycles. The van der Waals surface area contributed by atoms with Crippen LogP contribution in [0.25, 0.3) is 0 Å². The van der Waals surface area contributed by atoms with Crippen LogP contribution in [0.3, 0.4) is 0 Å². The second-order valence-electron chi connectivity index (χ2n) is 8.00. The van der Waals surface area contributed by atoms with Gasteiger partial charge in [-0.05, 0) is 62.9 Å². The quantitative estimate of drug-likeness (QED) is 0.732. The first-order valence-corrected chi connectivity index (χ1v) is 12.3. The third-order valence-corrected chi connectivity index (χ3v) is 6.74. The highest BCUT2D eigenvalue weighted by Gasteiger charge is 2.28. The minimum absolute atomic E-state index is 0.332. The van der Waals surface area contributed by atoms with Crippen LogP contribution in [-0.2, 0) is 21.4 Å². The predicted molar refractivity (Wildman–Crippen MR) is 122 cm³/mol. The van der Waals surface area contributed by atoms with E-state index in [4.69, 9.17) is 0 Å². The third kappa shape index (κ3) is 5.53. The van der Waals surface area contributed by atoms with Crippen LogP contribution in [0.2, 0.25) is 0 Å². The second kappa shape index (κ2) is 9.51. The molecule has 2 aromatic rings. The SMILES string of the molecule is Cc1ccc(N([C@H](C)C(=O)NCc2ccc(N3CCCCC3)cc2)S(C)(=O)=O)cc1. The molecule has 0 spiro atoms. The first-order valence-electron chi connectivity index (χ1n) is 10.4. The van der Waals surface area contributed by atoms with Crippen LogP contribution in [0.5, 0.6) is 0 Å². The van der Waals surface area contributed by atoms with Gasteiger partial charge >= 0.3 is 0 Å². The zero-order valence-electron chi connectivity index (χ0n) is 18.0. The Morgan fingerprint density at radius 2 is 1.63 bits per heavy atom. The average molecular weight is 430 g/mol. The topological polar surface area (TPSA) is 69.7 Å². The number of anilines is 2. The largest absolute Gasteiger partial charge is 0.372 e. The summed E-state index contributed by atoms with van der Waals surface area (Å²) in [6.07, 6.45) is 4.88. The number of benzene rings is 2. The van der Waals surface area contributed by atoms with Gasteiger partial charge in [0, 0.05) is 25.3 Å². The Bertz CT molecular complexity index is 950. The zero-order valence-corrected chi connectivity index (χ0v) is 18.8. The van der Waals surface area contributed by atoms with Gasteiger partial charge in [-0.15, -0.1) is 0 Å². The summed E-state index contributed by atoms with van der Waals surface area (Å²) >= 11 is 0. The molecule has 0 aliphatic carbocycles. The maximum atomic E-state index is 12.7. The Morgan fingerprint density at radius 3 is 2.20 bits per heavy atom. The van der Waals surface area contributed by atoms with Crippen LogP contribution < -0.4 is 14.5 Å². The number of rotatable bonds is 7. The number of sulfonamides is 1. The lowest BCUT2D eigenvalue weighted by molar-refractivity contribution is -0.122. The third-order valence-electron chi connectivity index (χ3n) is 5.50. The Hall–Kier alpha value is -2.54. The summed E-state index contributed by atoms with van der Waals surface area (Å²) < 4.78 is 25.9. The number of piperidine rings is 1. The van der Waals surface area contributed by atoms with Crippen molar-refractivity contribution in [2.75, 3.05) is 28.6 Å². The van der Waals surface area contributed by atoms with Crippen LogP contribution >= 0.6 is 0 Å². The minimum Gasteiger partial charge on any atom is -0.372 e. The van der Waals surface area contributed by atoms with Gasteiger partial charge in [-0.3, -0.25) is 9.10 Å². The molecule has 2 aromatic carbocycles. The average Bonchev–Trinajstić information content (AvgIpc) is 2.73. The molecule has 1 amide bonds. The van der Waals surface area contributed by atoms with E-state index in [1.807, 2.05) is 31.2 Å². The van der Waals surface area contributed by atoms with Crippen molar-refractivity contribution >= 4 is 27.3 Å². The van der Waals surface area contributed by atoms with Crippen molar-refractivity contribution in [1.82, 2.24) is 5.32 Å². The maximum absolute atomic E-state index is 12.7. The van der Waals surface area contributed by atoms with Gasteiger partial charge in [0.05, 0.1) is 11.9 Å². The van der Waals surface area contributed by atoms with E-state index < -0.39 is 16.1 Å². The van der Waals surface area contributed by atoms with Crippen LogP contribution in [-0.4, -0.2) is 39.7 Å². The van der Waals surface area contributed by atoms with Gasteiger partial charge in [0.25, 0.3) is 0 Å². The van der Waals surface area contributed by atoms with E-state index in [1.165, 1.54) is 29.3 Å². The number of carbonyl (C=O) groups is 1. The molecule has 1 heterocycles. The fourth-order valence-corrected chi connectivity index (χ4v) is 4.99. The maximum Gasteiger partial charge on any atom is 0.243 e. The van der Waals surface area contributed by atoms with Gasteiger partial charge in [0.1, 0.15) is 6.04 Å². The van der Waals surface area contributed by atoms with Crippen molar-refractivity contribution in [3.63, 3.8) is 0 Å². The van der Waals surface area contributed by atoms with Crippen molar-refractivity contribution in [2.24, 2.45) is 0 Å². The molecule has 0 aromatic heterocycles. The molecule has 1 saturated heterocycles. The molecule has 162 valence electrons. The summed E-state index contributed by atoms with van der Waals surface area (Å²) in [5.74, 6) is -0.332. The summed E-state index contributed by atoms with van der Waals surface area (Å²) in [7, 11) is -3.61. The van der Waals surface area contributed by atoms with Crippen molar-refractivity contribution in [3.8, 4) is 0 Å². The summed E-state index contributed by atoms with van der Waals surface area (Å²) in [6.45, 7) is 6.08. The van der Waals surface area contributed by atoms with E-state index in [9.17, 15) is 13.2 Å². The smallest absolute Gasteiger partial charge is 0.243 e. The fraction of sp³-hybridized carbons (Fsp3) is 0.435. The molecule has 7 heteroatoms. The second-order valence-corrected chi connectivity index (χ2v) is 9.86. The van der Waals surface area contributed by atoms with Gasteiger partial charge in [0.2, 0.25) is 15.9 Å². The van der Waals surface area contributed by atoms with Gasteiger partial charge in [-0.1, -0.05) is 29.8 Å². The first-order chi connectivity index (χ1) is 14.3. The van der Waals surface area contributed by atoms with E-state index in [0.717, 1.165) is 30.5 Å². The lowest BCUT2D eigenvalue weighted by atomic mass is 10.1. The molecular weight excluding hydrogens is 398 g/mol. The molecule has 1 fully saturated rings. The highest BCUT2D eigenvalue weighted by atomic mass is 32.2. The van der Waals surface area contributed by atoms with E-state index >= 15 is 0 Å². The number of nitrogens with one attached hydrogen (secondary N) is 1. The molecule has 1 aliphatic heterocycles. The van der Waals surface area contributed by atoms with Crippen molar-refractivity contribution in [2.45, 2.75) is 45.7 Å². The molecule has 0 bridgehead atoms. The fourth-order valence-electron chi connectivity index (χ4n) is 3.81. The summed E-state index contributed by atoms with van der Waals surface area (Å²) in [5.41, 5.74) is 3.70. The highest BCUT2D eigenvalue weighted by molar-refractivity contribution is 7.92. The lowest BCUT2D eigenvalue weighted by Crippen LogP contribution is -2.47. The molecule has 1 atom stereocenters. The van der Waals surface area contributed by atoms with E-state index in [1.54, 1.807) is 19.1 Å². The normalized spacial score (nSPS) is 15.5. The number of aryl methyl sites for hydroxylation is 1. The summed E-state index contributed by atoms with van der Waals surface area (Å²) in [5, 5.41) is 2.87. The van der Waals surface area contributed by atoms with Crippen molar-refractivity contribution in [1.29, 1.82) is 0 Å². The molecule has 1 N–H and O–H groups in total. The van der Waals surface area contributed by atoms with Crippen LogP contribution in [0.4, 0.5) is 11.4 Å². The molecule has 0 radical (unpaired) electrons. The standard InChI is InChI=1S/C23H31N3O3S/c1-18-7-11-22(12-8-18)26(30(3,28)29)19(2)23(27)24-17-20-9-13-21(14-10-20)25-15-5-4-6-16-25/h7-14,19H,4-6,15-17H2,1-3H3,(H,24,27)/t19-/m1/s1. The molecular formula is C23H31N3O3S. The van der Waals surface area contributed by atoms with E-state index in [-0.39, 0.29) is 5.91 Å². The van der Waals surface area contributed by atoms with Gasteiger partial charge in [0.15, 0.2) is 0 Å². The Labute approximate surface area is 179 Å². The molecule has 6 nitrogen and oxygen atoms in total. The minimum atomic E-state index is -3.61. The lowest BCUT2D eigenvalue weighted by Gasteiger charge is -2.29. The van der Waals surface area contributed by atoms with Crippen LogP contribution in [0.1, 0.15) is 37.3 Å². The number of carbonyl (C=O) groups excluding carboxylic acids is 1. The number of nitrogens with zero attached hydrogens (tertiary/aromatic N) is 2. The molecule has 3 rings (SSSR count).